The van der Waals surface area contributed by atoms with Crippen LogP contribution in [0.5, 0.6) is 0 Å². The topological polar surface area (TPSA) is 81.2 Å². The van der Waals surface area contributed by atoms with Crippen LogP contribution < -0.4 is 11.2 Å². The summed E-state index contributed by atoms with van der Waals surface area (Å²) in [6.07, 6.45) is 0.325. The molecule has 0 saturated heterocycles. The number of nitrogens with one attached hydrogen (secondary N) is 1. The average molecular weight is 338 g/mol. The number of aromatic nitrogens is 2. The summed E-state index contributed by atoms with van der Waals surface area (Å²) >= 11 is 0. The molecule has 6 nitrogen and oxygen atoms in total. The van der Waals surface area contributed by atoms with E-state index in [1.807, 2.05) is 30.3 Å². The molecule has 25 heavy (non-hydrogen) atoms. The SMILES string of the molecule is CCc1c(C(=O)c2cccc3ccccc23)n(COC)c(=O)[nH]c1=O. The third-order valence-corrected chi connectivity index (χ3v) is 4.16. The first-order valence-corrected chi connectivity index (χ1v) is 7.95. The van der Waals surface area contributed by atoms with E-state index < -0.39 is 11.2 Å². The second-order valence-electron chi connectivity index (χ2n) is 5.64. The van der Waals surface area contributed by atoms with Gasteiger partial charge in [0, 0.05) is 18.2 Å². The quantitative estimate of drug-likeness (QED) is 0.722. The van der Waals surface area contributed by atoms with Gasteiger partial charge in [-0.25, -0.2) is 4.79 Å². The van der Waals surface area contributed by atoms with Crippen molar-refractivity contribution in [3.8, 4) is 0 Å². The minimum atomic E-state index is -0.660. The van der Waals surface area contributed by atoms with E-state index in [0.29, 0.717) is 12.0 Å². The summed E-state index contributed by atoms with van der Waals surface area (Å²) in [5.41, 5.74) is -0.400. The van der Waals surface area contributed by atoms with Gasteiger partial charge in [-0.3, -0.25) is 19.1 Å². The fourth-order valence-corrected chi connectivity index (χ4v) is 3.00. The van der Waals surface area contributed by atoms with Crippen LogP contribution in [0.15, 0.2) is 52.1 Å². The van der Waals surface area contributed by atoms with Gasteiger partial charge in [0.05, 0.1) is 0 Å². The molecule has 0 aliphatic carbocycles. The fourth-order valence-electron chi connectivity index (χ4n) is 3.00. The van der Waals surface area contributed by atoms with Crippen molar-refractivity contribution >= 4 is 16.6 Å². The van der Waals surface area contributed by atoms with E-state index in [1.54, 1.807) is 19.1 Å². The van der Waals surface area contributed by atoms with Gasteiger partial charge in [-0.05, 0) is 17.2 Å². The first-order valence-electron chi connectivity index (χ1n) is 7.95. The van der Waals surface area contributed by atoms with Gasteiger partial charge in [0.25, 0.3) is 5.56 Å². The van der Waals surface area contributed by atoms with Crippen LogP contribution in [0.1, 0.15) is 28.5 Å². The number of nitrogens with zero attached hydrogens (tertiary/aromatic N) is 1. The number of H-pyrrole nitrogens is 1. The molecule has 0 spiro atoms. The Kier molecular flexibility index (Phi) is 4.63. The normalized spacial score (nSPS) is 11.0. The third-order valence-electron chi connectivity index (χ3n) is 4.16. The Labute approximate surface area is 143 Å². The highest BCUT2D eigenvalue weighted by molar-refractivity contribution is 6.16. The molecule has 0 bridgehead atoms. The number of hydrogen-bond donors (Lipinski definition) is 1. The second kappa shape index (κ2) is 6.86. The number of fused-ring (bicyclic) bond motifs is 1. The monoisotopic (exact) mass is 338 g/mol. The fraction of sp³-hybridized carbons (Fsp3) is 0.211. The lowest BCUT2D eigenvalue weighted by Crippen LogP contribution is -2.37. The molecule has 0 fully saturated rings. The Morgan fingerprint density at radius 3 is 2.56 bits per heavy atom. The van der Waals surface area contributed by atoms with Crippen LogP contribution in [-0.2, 0) is 17.9 Å². The zero-order valence-corrected chi connectivity index (χ0v) is 14.0. The van der Waals surface area contributed by atoms with Gasteiger partial charge in [0.2, 0.25) is 5.78 Å². The van der Waals surface area contributed by atoms with Crippen molar-refractivity contribution in [3.63, 3.8) is 0 Å². The van der Waals surface area contributed by atoms with E-state index in [4.69, 9.17) is 4.74 Å². The lowest BCUT2D eigenvalue weighted by Gasteiger charge is -2.15. The maximum atomic E-state index is 13.3. The Bertz CT molecular complexity index is 1060. The van der Waals surface area contributed by atoms with Crippen molar-refractivity contribution in [1.29, 1.82) is 0 Å². The molecule has 0 aliphatic heterocycles. The minimum Gasteiger partial charge on any atom is -0.364 e. The molecule has 0 atom stereocenters. The molecular weight excluding hydrogens is 320 g/mol. The van der Waals surface area contributed by atoms with E-state index in [9.17, 15) is 14.4 Å². The predicted octanol–water partition coefficient (Wildman–Crippen LogP) is 2.09. The van der Waals surface area contributed by atoms with Crippen LogP contribution >= 0.6 is 0 Å². The molecule has 6 heteroatoms. The maximum Gasteiger partial charge on any atom is 0.330 e. The highest BCUT2D eigenvalue weighted by atomic mass is 16.5. The number of ether oxygens (including phenoxy) is 1. The van der Waals surface area contributed by atoms with Gasteiger partial charge in [-0.15, -0.1) is 0 Å². The summed E-state index contributed by atoms with van der Waals surface area (Å²) in [5.74, 6) is -0.367. The average Bonchev–Trinajstić information content (AvgIpc) is 2.62. The first kappa shape index (κ1) is 16.9. The van der Waals surface area contributed by atoms with Crippen LogP contribution in [0, 0.1) is 0 Å². The maximum absolute atomic E-state index is 13.3. The van der Waals surface area contributed by atoms with Gasteiger partial charge in [0.15, 0.2) is 0 Å². The van der Waals surface area contributed by atoms with Gasteiger partial charge < -0.3 is 4.74 Å². The molecule has 1 heterocycles. The molecule has 3 rings (SSSR count). The summed E-state index contributed by atoms with van der Waals surface area (Å²) in [7, 11) is 1.43. The summed E-state index contributed by atoms with van der Waals surface area (Å²) in [4.78, 5) is 39.9. The van der Waals surface area contributed by atoms with Crippen LogP contribution in [-0.4, -0.2) is 22.4 Å². The summed E-state index contributed by atoms with van der Waals surface area (Å²) in [6, 6.07) is 12.9. The first-order chi connectivity index (χ1) is 12.1. The molecule has 0 aliphatic rings. The Balaban J connectivity index is 2.33. The van der Waals surface area contributed by atoms with Crippen molar-refractivity contribution < 1.29 is 9.53 Å². The van der Waals surface area contributed by atoms with Gasteiger partial charge in [-0.1, -0.05) is 49.4 Å². The van der Waals surface area contributed by atoms with Crippen LogP contribution in [0.3, 0.4) is 0 Å². The summed E-state index contributed by atoms with van der Waals surface area (Å²) in [6.45, 7) is 1.65. The van der Waals surface area contributed by atoms with E-state index >= 15 is 0 Å². The van der Waals surface area contributed by atoms with E-state index in [0.717, 1.165) is 10.8 Å². The third kappa shape index (κ3) is 2.92. The van der Waals surface area contributed by atoms with Crippen molar-refractivity contribution in [2.75, 3.05) is 7.11 Å². The van der Waals surface area contributed by atoms with Crippen LogP contribution in [0.25, 0.3) is 10.8 Å². The minimum absolute atomic E-state index is 0.0782. The van der Waals surface area contributed by atoms with E-state index in [-0.39, 0.29) is 23.8 Å². The molecule has 0 saturated carbocycles. The number of aromatic amines is 1. The van der Waals surface area contributed by atoms with Crippen LogP contribution in [0.4, 0.5) is 0 Å². The number of methoxy groups -OCH3 is 1. The lowest BCUT2D eigenvalue weighted by atomic mass is 9.97. The van der Waals surface area contributed by atoms with Gasteiger partial charge in [-0.2, -0.15) is 0 Å². The number of carbonyl (C=O) groups excluding carboxylic acids is 1. The Morgan fingerprint density at radius 2 is 1.84 bits per heavy atom. The second-order valence-corrected chi connectivity index (χ2v) is 5.64. The molecule has 1 aromatic heterocycles. The van der Waals surface area contributed by atoms with Gasteiger partial charge in [0.1, 0.15) is 12.4 Å². The molecule has 128 valence electrons. The van der Waals surface area contributed by atoms with Crippen LogP contribution in [0.2, 0.25) is 0 Å². The van der Waals surface area contributed by atoms with Crippen molar-refractivity contribution in [2.45, 2.75) is 20.1 Å². The molecule has 1 N–H and O–H groups in total. The number of benzene rings is 2. The molecule has 3 aromatic rings. The zero-order chi connectivity index (χ0) is 18.0. The number of carbonyl (C=O) groups is 1. The van der Waals surface area contributed by atoms with E-state index in [2.05, 4.69) is 4.98 Å². The zero-order valence-electron chi connectivity index (χ0n) is 14.0. The van der Waals surface area contributed by atoms with Crippen molar-refractivity contribution in [3.05, 3.63) is 80.1 Å². The summed E-state index contributed by atoms with van der Waals surface area (Å²) in [5, 5.41) is 1.69. The molecule has 0 unspecified atom stereocenters. The smallest absolute Gasteiger partial charge is 0.330 e. The van der Waals surface area contributed by atoms with Gasteiger partial charge >= 0.3 is 5.69 Å². The number of ketones is 1. The number of hydrogen-bond acceptors (Lipinski definition) is 4. The van der Waals surface area contributed by atoms with E-state index in [1.165, 1.54) is 11.7 Å². The molecule has 0 radical (unpaired) electrons. The Morgan fingerprint density at radius 1 is 1.12 bits per heavy atom. The molecule has 2 aromatic carbocycles. The standard InChI is InChI=1S/C19H18N2O4/c1-3-13-16(21(11-25-2)19(24)20-18(13)23)17(22)15-10-6-8-12-7-4-5-9-14(12)15/h4-10H,3,11H2,1-2H3,(H,20,23,24). The highest BCUT2D eigenvalue weighted by Crippen LogP contribution is 2.22. The Hall–Kier alpha value is -2.99. The lowest BCUT2D eigenvalue weighted by molar-refractivity contribution is 0.0976. The number of rotatable bonds is 5. The molecular formula is C19H18N2O4. The highest BCUT2D eigenvalue weighted by Gasteiger charge is 2.22. The van der Waals surface area contributed by atoms with Crippen molar-refractivity contribution in [1.82, 2.24) is 9.55 Å². The molecule has 0 amide bonds. The summed E-state index contributed by atoms with van der Waals surface area (Å²) < 4.78 is 6.22. The predicted molar refractivity (Wildman–Crippen MR) is 95.1 cm³/mol. The van der Waals surface area contributed by atoms with Crippen molar-refractivity contribution in [2.24, 2.45) is 0 Å². The largest absolute Gasteiger partial charge is 0.364 e.